The first-order valence-electron chi connectivity index (χ1n) is 10.6. The van der Waals surface area contributed by atoms with Crippen LogP contribution >= 0.6 is 0 Å². The van der Waals surface area contributed by atoms with Crippen LogP contribution in [0.4, 0.5) is 10.1 Å². The number of aromatic nitrogens is 3. The largest absolute Gasteiger partial charge is 0.326 e. The number of halogens is 1. The van der Waals surface area contributed by atoms with Crippen molar-refractivity contribution in [2.75, 3.05) is 5.32 Å². The Bertz CT molecular complexity index is 1180. The molecule has 6 heteroatoms. The van der Waals surface area contributed by atoms with Crippen LogP contribution < -0.4 is 5.32 Å². The van der Waals surface area contributed by atoms with Gasteiger partial charge in [-0.2, -0.15) is 0 Å². The molecule has 0 saturated heterocycles. The number of carbonyl (C=O) groups is 1. The minimum absolute atomic E-state index is 0.000204. The van der Waals surface area contributed by atoms with Crippen LogP contribution in [-0.4, -0.2) is 20.4 Å². The summed E-state index contributed by atoms with van der Waals surface area (Å²) in [7, 11) is 0. The van der Waals surface area contributed by atoms with Crippen molar-refractivity contribution >= 4 is 22.8 Å². The van der Waals surface area contributed by atoms with Crippen molar-refractivity contribution in [2.45, 2.75) is 39.2 Å². The SMILES string of the molecule is CCc1ccccc1NC(=O)CCCc1nc2cccnc2n1Cc1ccc(F)cc1. The lowest BCUT2D eigenvalue weighted by Gasteiger charge is -2.11. The molecule has 2 aromatic carbocycles. The number of fused-ring (bicyclic) bond motifs is 1. The summed E-state index contributed by atoms with van der Waals surface area (Å²) in [6.45, 7) is 2.63. The lowest BCUT2D eigenvalue weighted by atomic mass is 10.1. The summed E-state index contributed by atoms with van der Waals surface area (Å²) in [4.78, 5) is 21.7. The Hall–Kier alpha value is -3.54. The maximum atomic E-state index is 13.3. The smallest absolute Gasteiger partial charge is 0.224 e. The first-order chi connectivity index (χ1) is 15.1. The molecule has 0 bridgehead atoms. The molecule has 1 N–H and O–H groups in total. The Balaban J connectivity index is 1.45. The van der Waals surface area contributed by atoms with E-state index >= 15 is 0 Å². The van der Waals surface area contributed by atoms with Crippen LogP contribution in [0.2, 0.25) is 0 Å². The van der Waals surface area contributed by atoms with Gasteiger partial charge in [0.25, 0.3) is 0 Å². The number of pyridine rings is 1. The van der Waals surface area contributed by atoms with Crippen LogP contribution in [0.1, 0.15) is 36.7 Å². The third kappa shape index (κ3) is 4.97. The molecule has 0 aliphatic carbocycles. The summed E-state index contributed by atoms with van der Waals surface area (Å²) in [5.74, 6) is 0.619. The number of nitrogens with zero attached hydrogens (tertiary/aromatic N) is 3. The van der Waals surface area contributed by atoms with Gasteiger partial charge in [0.15, 0.2) is 5.65 Å². The topological polar surface area (TPSA) is 59.8 Å². The van der Waals surface area contributed by atoms with Crippen LogP contribution in [0.5, 0.6) is 0 Å². The molecule has 0 saturated carbocycles. The van der Waals surface area contributed by atoms with Crippen LogP contribution in [0.3, 0.4) is 0 Å². The van der Waals surface area contributed by atoms with Crippen molar-refractivity contribution in [1.82, 2.24) is 14.5 Å². The molecule has 0 aliphatic rings. The van der Waals surface area contributed by atoms with Crippen molar-refractivity contribution in [3.63, 3.8) is 0 Å². The fourth-order valence-electron chi connectivity index (χ4n) is 3.71. The number of hydrogen-bond acceptors (Lipinski definition) is 3. The van der Waals surface area contributed by atoms with Gasteiger partial charge in [0, 0.05) is 24.7 Å². The Labute approximate surface area is 181 Å². The number of anilines is 1. The van der Waals surface area contributed by atoms with Crippen LogP contribution in [0.25, 0.3) is 11.2 Å². The molecule has 0 radical (unpaired) electrons. The Kier molecular flexibility index (Phi) is 6.36. The van der Waals surface area contributed by atoms with Crippen molar-refractivity contribution in [3.05, 3.63) is 89.6 Å². The molecule has 0 fully saturated rings. The van der Waals surface area contributed by atoms with E-state index in [1.165, 1.54) is 12.1 Å². The van der Waals surface area contributed by atoms with E-state index in [4.69, 9.17) is 4.98 Å². The minimum atomic E-state index is -0.256. The van der Waals surface area contributed by atoms with E-state index in [1.54, 1.807) is 18.3 Å². The fourth-order valence-corrected chi connectivity index (χ4v) is 3.71. The Morgan fingerprint density at radius 1 is 1.06 bits per heavy atom. The summed E-state index contributed by atoms with van der Waals surface area (Å²) in [6, 6.07) is 18.1. The van der Waals surface area contributed by atoms with Crippen molar-refractivity contribution < 1.29 is 9.18 Å². The van der Waals surface area contributed by atoms with Crippen molar-refractivity contribution in [3.8, 4) is 0 Å². The van der Waals surface area contributed by atoms with Gasteiger partial charge in [0.2, 0.25) is 5.91 Å². The molecule has 31 heavy (non-hydrogen) atoms. The van der Waals surface area contributed by atoms with E-state index < -0.39 is 0 Å². The minimum Gasteiger partial charge on any atom is -0.326 e. The standard InChI is InChI=1S/C25H25FN4O/c1-2-19-7-3-4-8-21(19)29-24(31)11-5-10-23-28-22-9-6-16-27-25(22)30(23)17-18-12-14-20(26)15-13-18/h3-4,6-9,12-16H,2,5,10-11,17H2,1H3,(H,29,31). The summed E-state index contributed by atoms with van der Waals surface area (Å²) < 4.78 is 15.3. The molecule has 2 heterocycles. The number of rotatable bonds is 8. The Morgan fingerprint density at radius 3 is 2.68 bits per heavy atom. The van der Waals surface area contributed by atoms with Gasteiger partial charge in [-0.1, -0.05) is 37.3 Å². The first kappa shape index (κ1) is 20.7. The van der Waals surface area contributed by atoms with E-state index in [-0.39, 0.29) is 11.7 Å². The molecule has 0 atom stereocenters. The van der Waals surface area contributed by atoms with Gasteiger partial charge in [-0.3, -0.25) is 4.79 Å². The maximum absolute atomic E-state index is 13.3. The highest BCUT2D eigenvalue weighted by molar-refractivity contribution is 5.91. The summed E-state index contributed by atoms with van der Waals surface area (Å²) in [5.41, 5.74) is 4.59. The molecule has 2 aromatic heterocycles. The zero-order valence-corrected chi connectivity index (χ0v) is 17.5. The van der Waals surface area contributed by atoms with E-state index in [1.807, 2.05) is 41.0 Å². The second-order valence-electron chi connectivity index (χ2n) is 7.50. The quantitative estimate of drug-likeness (QED) is 0.433. The predicted molar refractivity (Wildman–Crippen MR) is 120 cm³/mol. The lowest BCUT2D eigenvalue weighted by molar-refractivity contribution is -0.116. The van der Waals surface area contributed by atoms with Crippen LogP contribution in [0, 0.1) is 5.82 Å². The molecule has 0 aliphatic heterocycles. The average Bonchev–Trinajstić information content (AvgIpc) is 3.13. The predicted octanol–water partition coefficient (Wildman–Crippen LogP) is 5.14. The summed E-state index contributed by atoms with van der Waals surface area (Å²) >= 11 is 0. The van der Waals surface area contributed by atoms with Crippen molar-refractivity contribution in [2.24, 2.45) is 0 Å². The monoisotopic (exact) mass is 416 g/mol. The number of nitrogens with one attached hydrogen (secondary N) is 1. The molecule has 158 valence electrons. The van der Waals surface area contributed by atoms with Gasteiger partial charge in [0.1, 0.15) is 17.2 Å². The number of imidazole rings is 1. The highest BCUT2D eigenvalue weighted by Crippen LogP contribution is 2.19. The number of benzene rings is 2. The summed E-state index contributed by atoms with van der Waals surface area (Å²) in [5, 5.41) is 3.02. The highest BCUT2D eigenvalue weighted by Gasteiger charge is 2.13. The number of aryl methyl sites for hydroxylation is 2. The number of carbonyl (C=O) groups excluding carboxylic acids is 1. The second kappa shape index (κ2) is 9.51. The highest BCUT2D eigenvalue weighted by atomic mass is 19.1. The number of hydrogen-bond donors (Lipinski definition) is 1. The third-order valence-corrected chi connectivity index (χ3v) is 5.31. The molecular weight excluding hydrogens is 391 g/mol. The number of amides is 1. The van der Waals surface area contributed by atoms with Crippen molar-refractivity contribution in [1.29, 1.82) is 0 Å². The van der Waals surface area contributed by atoms with E-state index in [0.717, 1.165) is 40.2 Å². The first-order valence-corrected chi connectivity index (χ1v) is 10.6. The zero-order chi connectivity index (χ0) is 21.6. The van der Waals surface area contributed by atoms with Gasteiger partial charge >= 0.3 is 0 Å². The molecule has 4 rings (SSSR count). The summed E-state index contributed by atoms with van der Waals surface area (Å²) in [6.07, 6.45) is 4.35. The average molecular weight is 417 g/mol. The zero-order valence-electron chi connectivity index (χ0n) is 17.5. The van der Waals surface area contributed by atoms with Gasteiger partial charge in [0.05, 0.1) is 6.54 Å². The van der Waals surface area contributed by atoms with Gasteiger partial charge in [-0.25, -0.2) is 14.4 Å². The van der Waals surface area contributed by atoms with E-state index in [0.29, 0.717) is 25.8 Å². The van der Waals surface area contributed by atoms with E-state index in [9.17, 15) is 9.18 Å². The molecule has 4 aromatic rings. The Morgan fingerprint density at radius 2 is 1.87 bits per heavy atom. The van der Waals surface area contributed by atoms with Gasteiger partial charge < -0.3 is 9.88 Å². The molecule has 1 amide bonds. The fraction of sp³-hybridized carbons (Fsp3) is 0.240. The molecule has 5 nitrogen and oxygen atoms in total. The van der Waals surface area contributed by atoms with Gasteiger partial charge in [-0.05, 0) is 54.3 Å². The van der Waals surface area contributed by atoms with Gasteiger partial charge in [-0.15, -0.1) is 0 Å². The van der Waals surface area contributed by atoms with Crippen LogP contribution in [-0.2, 0) is 24.2 Å². The molecule has 0 unspecified atom stereocenters. The lowest BCUT2D eigenvalue weighted by Crippen LogP contribution is -2.13. The second-order valence-corrected chi connectivity index (χ2v) is 7.50. The normalized spacial score (nSPS) is 11.0. The van der Waals surface area contributed by atoms with Crippen LogP contribution in [0.15, 0.2) is 66.9 Å². The molecular formula is C25H25FN4O. The third-order valence-electron chi connectivity index (χ3n) is 5.31. The van der Waals surface area contributed by atoms with E-state index in [2.05, 4.69) is 17.2 Å². The number of para-hydroxylation sites is 1. The maximum Gasteiger partial charge on any atom is 0.224 e. The molecule has 0 spiro atoms.